The number of esters is 1. The predicted molar refractivity (Wildman–Crippen MR) is 127 cm³/mol. The van der Waals surface area contributed by atoms with Gasteiger partial charge in [0.25, 0.3) is 5.91 Å². The minimum absolute atomic E-state index is 0.128. The molecule has 1 N–H and O–H groups in total. The smallest absolute Gasteiger partial charge is 0.330 e. The highest BCUT2D eigenvalue weighted by Crippen LogP contribution is 2.36. The van der Waals surface area contributed by atoms with Gasteiger partial charge in [0.1, 0.15) is 6.04 Å². The minimum atomic E-state index is -1.12. The Hall–Kier alpha value is -3.74. The number of rotatable bonds is 7. The average Bonchev–Trinajstić information content (AvgIpc) is 3.09. The SMILES string of the molecule is Cc1ccc(C)c(NC(=O)COC(=O)[C@H](Cc2ccccc2)N2C(=O)[C@@H]3CC=CC[C@H]3C2=O)c1. The molecule has 1 saturated heterocycles. The Labute approximate surface area is 198 Å². The maximum atomic E-state index is 13.1. The van der Waals surface area contributed by atoms with E-state index in [-0.39, 0.29) is 18.2 Å². The maximum Gasteiger partial charge on any atom is 0.330 e. The van der Waals surface area contributed by atoms with Gasteiger partial charge >= 0.3 is 5.97 Å². The number of carbonyl (C=O) groups is 4. The monoisotopic (exact) mass is 460 g/mol. The Balaban J connectivity index is 1.49. The van der Waals surface area contributed by atoms with E-state index in [0.717, 1.165) is 21.6 Å². The summed E-state index contributed by atoms with van der Waals surface area (Å²) in [6, 6.07) is 13.7. The Bertz CT molecular complexity index is 1110. The van der Waals surface area contributed by atoms with Crippen LogP contribution in [0.25, 0.3) is 0 Å². The third kappa shape index (κ3) is 4.93. The van der Waals surface area contributed by atoms with Crippen molar-refractivity contribution in [3.63, 3.8) is 0 Å². The molecule has 3 amide bonds. The van der Waals surface area contributed by atoms with Crippen LogP contribution in [-0.2, 0) is 30.3 Å². The predicted octanol–water partition coefficient (Wildman–Crippen LogP) is 3.35. The number of carbonyl (C=O) groups excluding carboxylic acids is 4. The van der Waals surface area contributed by atoms with E-state index < -0.39 is 36.4 Å². The van der Waals surface area contributed by atoms with Crippen molar-refractivity contribution in [3.05, 3.63) is 77.4 Å². The number of anilines is 1. The first-order valence-corrected chi connectivity index (χ1v) is 11.4. The number of fused-ring (bicyclic) bond motifs is 1. The van der Waals surface area contributed by atoms with Crippen LogP contribution in [0.3, 0.4) is 0 Å². The second-order valence-corrected chi connectivity index (χ2v) is 8.88. The number of likely N-dealkylation sites (tertiary alicyclic amines) is 1. The number of allylic oxidation sites excluding steroid dienone is 2. The molecule has 1 aliphatic carbocycles. The molecular formula is C27H28N2O5. The summed E-state index contributed by atoms with van der Waals surface area (Å²) in [6.07, 6.45) is 4.90. The van der Waals surface area contributed by atoms with Gasteiger partial charge in [0.2, 0.25) is 11.8 Å². The lowest BCUT2D eigenvalue weighted by Gasteiger charge is -2.25. The van der Waals surface area contributed by atoms with Gasteiger partial charge in [-0.25, -0.2) is 4.79 Å². The van der Waals surface area contributed by atoms with E-state index >= 15 is 0 Å². The van der Waals surface area contributed by atoms with E-state index in [1.54, 1.807) is 0 Å². The molecule has 7 nitrogen and oxygen atoms in total. The molecule has 1 fully saturated rings. The normalized spacial score (nSPS) is 20.1. The first kappa shape index (κ1) is 23.4. The average molecular weight is 461 g/mol. The quantitative estimate of drug-likeness (QED) is 0.389. The molecule has 0 aromatic heterocycles. The zero-order valence-corrected chi connectivity index (χ0v) is 19.3. The van der Waals surface area contributed by atoms with Crippen molar-refractivity contribution in [2.45, 2.75) is 39.2 Å². The summed E-state index contributed by atoms with van der Waals surface area (Å²) < 4.78 is 5.33. The summed E-state index contributed by atoms with van der Waals surface area (Å²) in [4.78, 5) is 52.9. The van der Waals surface area contributed by atoms with Gasteiger partial charge in [-0.15, -0.1) is 0 Å². The van der Waals surface area contributed by atoms with Gasteiger partial charge in [-0.05, 0) is 49.4 Å². The number of hydrogen-bond acceptors (Lipinski definition) is 5. The zero-order chi connectivity index (χ0) is 24.2. The van der Waals surface area contributed by atoms with Crippen LogP contribution >= 0.6 is 0 Å². The Morgan fingerprint density at radius 2 is 1.65 bits per heavy atom. The Morgan fingerprint density at radius 3 is 2.29 bits per heavy atom. The van der Waals surface area contributed by atoms with E-state index in [1.807, 2.05) is 74.5 Å². The number of nitrogens with zero attached hydrogens (tertiary/aromatic N) is 1. The number of amides is 3. The van der Waals surface area contributed by atoms with E-state index in [1.165, 1.54) is 0 Å². The van der Waals surface area contributed by atoms with Crippen LogP contribution in [0.2, 0.25) is 0 Å². The fourth-order valence-corrected chi connectivity index (χ4v) is 4.54. The van der Waals surface area contributed by atoms with Crippen molar-refractivity contribution in [2.24, 2.45) is 11.8 Å². The molecule has 4 rings (SSSR count). The van der Waals surface area contributed by atoms with Crippen LogP contribution in [0.5, 0.6) is 0 Å². The van der Waals surface area contributed by atoms with Crippen molar-refractivity contribution >= 4 is 29.4 Å². The fraction of sp³-hybridized carbons (Fsp3) is 0.333. The standard InChI is InChI=1S/C27H28N2O5/c1-17-12-13-18(2)22(14-17)28-24(30)16-34-27(33)23(15-19-8-4-3-5-9-19)29-25(31)20-10-6-7-11-21(20)26(29)32/h3-9,12-14,20-21,23H,10-11,15-16H2,1-2H3,(H,28,30)/t20-,21-,23+/m1/s1. The minimum Gasteiger partial charge on any atom is -0.454 e. The van der Waals surface area contributed by atoms with Crippen LogP contribution in [0.15, 0.2) is 60.7 Å². The van der Waals surface area contributed by atoms with Gasteiger partial charge in [-0.2, -0.15) is 0 Å². The molecule has 34 heavy (non-hydrogen) atoms. The summed E-state index contributed by atoms with van der Waals surface area (Å²) in [5.74, 6) is -2.85. The molecule has 0 radical (unpaired) electrons. The number of imide groups is 1. The van der Waals surface area contributed by atoms with Gasteiger partial charge in [0.15, 0.2) is 6.61 Å². The lowest BCUT2D eigenvalue weighted by atomic mass is 9.85. The summed E-state index contributed by atoms with van der Waals surface area (Å²) in [7, 11) is 0. The van der Waals surface area contributed by atoms with E-state index in [9.17, 15) is 19.2 Å². The Kier molecular flexibility index (Phi) is 6.91. The molecule has 2 aromatic rings. The van der Waals surface area contributed by atoms with Crippen LogP contribution < -0.4 is 5.32 Å². The van der Waals surface area contributed by atoms with Crippen molar-refractivity contribution in [3.8, 4) is 0 Å². The Morgan fingerprint density at radius 1 is 1.00 bits per heavy atom. The highest BCUT2D eigenvalue weighted by Gasteiger charge is 2.51. The second kappa shape index (κ2) is 10.0. The number of nitrogens with one attached hydrogen (secondary N) is 1. The highest BCUT2D eigenvalue weighted by molar-refractivity contribution is 6.08. The van der Waals surface area contributed by atoms with Gasteiger partial charge < -0.3 is 10.1 Å². The van der Waals surface area contributed by atoms with Crippen molar-refractivity contribution in [1.82, 2.24) is 4.90 Å². The van der Waals surface area contributed by atoms with Gasteiger partial charge in [0.05, 0.1) is 11.8 Å². The fourth-order valence-electron chi connectivity index (χ4n) is 4.54. The molecule has 2 aliphatic rings. The second-order valence-electron chi connectivity index (χ2n) is 8.88. The summed E-state index contributed by atoms with van der Waals surface area (Å²) in [5.41, 5.74) is 3.31. The van der Waals surface area contributed by atoms with Gasteiger partial charge in [-0.3, -0.25) is 19.3 Å². The summed E-state index contributed by atoms with van der Waals surface area (Å²) in [5, 5.41) is 2.75. The summed E-state index contributed by atoms with van der Waals surface area (Å²) in [6.45, 7) is 3.28. The van der Waals surface area contributed by atoms with Crippen LogP contribution in [-0.4, -0.2) is 41.2 Å². The first-order chi connectivity index (χ1) is 16.3. The molecule has 0 unspecified atom stereocenters. The molecule has 176 valence electrons. The lowest BCUT2D eigenvalue weighted by Crippen LogP contribution is -2.48. The molecule has 3 atom stereocenters. The van der Waals surface area contributed by atoms with Gasteiger partial charge in [0, 0.05) is 12.1 Å². The molecular weight excluding hydrogens is 432 g/mol. The molecule has 7 heteroatoms. The molecule has 1 heterocycles. The van der Waals surface area contributed by atoms with E-state index in [0.29, 0.717) is 18.5 Å². The zero-order valence-electron chi connectivity index (χ0n) is 19.3. The number of ether oxygens (including phenoxy) is 1. The van der Waals surface area contributed by atoms with E-state index in [2.05, 4.69) is 5.32 Å². The van der Waals surface area contributed by atoms with Crippen LogP contribution in [0.4, 0.5) is 5.69 Å². The third-order valence-electron chi connectivity index (χ3n) is 6.41. The largest absolute Gasteiger partial charge is 0.454 e. The van der Waals surface area contributed by atoms with Crippen LogP contribution in [0, 0.1) is 25.7 Å². The number of benzene rings is 2. The third-order valence-corrected chi connectivity index (χ3v) is 6.41. The maximum absolute atomic E-state index is 13.1. The molecule has 0 saturated carbocycles. The van der Waals surface area contributed by atoms with Crippen molar-refractivity contribution < 1.29 is 23.9 Å². The first-order valence-electron chi connectivity index (χ1n) is 11.4. The summed E-state index contributed by atoms with van der Waals surface area (Å²) >= 11 is 0. The molecule has 2 aromatic carbocycles. The number of aryl methyl sites for hydroxylation is 2. The molecule has 0 bridgehead atoms. The highest BCUT2D eigenvalue weighted by atomic mass is 16.5. The van der Waals surface area contributed by atoms with Crippen LogP contribution in [0.1, 0.15) is 29.5 Å². The lowest BCUT2D eigenvalue weighted by molar-refractivity contribution is -0.159. The molecule has 0 spiro atoms. The van der Waals surface area contributed by atoms with Crippen molar-refractivity contribution in [1.29, 1.82) is 0 Å². The number of hydrogen-bond donors (Lipinski definition) is 1. The topological polar surface area (TPSA) is 92.8 Å². The van der Waals surface area contributed by atoms with Gasteiger partial charge in [-0.1, -0.05) is 54.6 Å². The van der Waals surface area contributed by atoms with E-state index in [4.69, 9.17) is 4.74 Å². The molecule has 1 aliphatic heterocycles. The van der Waals surface area contributed by atoms with Crippen molar-refractivity contribution in [2.75, 3.05) is 11.9 Å².